The van der Waals surface area contributed by atoms with Gasteiger partial charge in [0.25, 0.3) is 0 Å². The number of allylic oxidation sites excluding steroid dienone is 4. The van der Waals surface area contributed by atoms with Crippen molar-refractivity contribution in [1.82, 2.24) is 0 Å². The second-order valence-corrected chi connectivity index (χ2v) is 6.73. The molecule has 0 unspecified atom stereocenters. The molecule has 1 aromatic carbocycles. The summed E-state index contributed by atoms with van der Waals surface area (Å²) in [6.07, 6.45) is 5.46. The van der Waals surface area contributed by atoms with Gasteiger partial charge < -0.3 is 9.84 Å². The van der Waals surface area contributed by atoms with Crippen molar-refractivity contribution in [3.8, 4) is 0 Å². The topological polar surface area (TPSA) is 41.8 Å². The van der Waals surface area contributed by atoms with E-state index in [-0.39, 0.29) is 17.2 Å². The summed E-state index contributed by atoms with van der Waals surface area (Å²) in [7, 11) is 1.59. The molecule has 24 heavy (non-hydrogen) atoms. The molecule has 1 N–H and O–H groups in total. The minimum atomic E-state index is -0.246. The fraction of sp³-hybridized carbons (Fsp3) is 0.381. The van der Waals surface area contributed by atoms with Gasteiger partial charge in [-0.25, -0.2) is 0 Å². The number of nitrogens with zero attached hydrogens (tertiary/aromatic N) is 1. The van der Waals surface area contributed by atoms with Crippen LogP contribution in [0.1, 0.15) is 45.2 Å². The molecular weight excluding hydrogens is 298 g/mol. The van der Waals surface area contributed by atoms with Gasteiger partial charge in [0.2, 0.25) is 0 Å². The molecular formula is C21H27NO2. The number of aliphatic hydroxyl groups is 1. The van der Waals surface area contributed by atoms with E-state index in [1.807, 2.05) is 12.1 Å². The molecule has 0 spiro atoms. The Balaban J connectivity index is 2.22. The monoisotopic (exact) mass is 325 g/mol. The van der Waals surface area contributed by atoms with Crippen molar-refractivity contribution in [2.45, 2.75) is 39.7 Å². The third kappa shape index (κ3) is 4.16. The minimum absolute atomic E-state index is 0.205. The van der Waals surface area contributed by atoms with Gasteiger partial charge in [-0.2, -0.15) is 0 Å². The lowest BCUT2D eigenvalue weighted by molar-refractivity contribution is 0.300. The van der Waals surface area contributed by atoms with Gasteiger partial charge in [-0.15, -0.1) is 0 Å². The summed E-state index contributed by atoms with van der Waals surface area (Å²) in [6.45, 7) is 10.1. The molecule has 1 aromatic rings. The molecule has 1 atom stereocenters. The van der Waals surface area contributed by atoms with Crippen LogP contribution < -0.4 is 0 Å². The van der Waals surface area contributed by atoms with Gasteiger partial charge in [0.15, 0.2) is 0 Å². The molecule has 0 saturated heterocycles. The Morgan fingerprint density at radius 1 is 1.29 bits per heavy atom. The lowest BCUT2D eigenvalue weighted by Gasteiger charge is -2.26. The molecule has 128 valence electrons. The van der Waals surface area contributed by atoms with Crippen molar-refractivity contribution in [3.63, 3.8) is 0 Å². The van der Waals surface area contributed by atoms with Crippen molar-refractivity contribution in [3.05, 3.63) is 71.7 Å². The van der Waals surface area contributed by atoms with Crippen LogP contribution in [0.3, 0.4) is 0 Å². The zero-order valence-electron chi connectivity index (χ0n) is 15.0. The van der Waals surface area contributed by atoms with Crippen LogP contribution in [0.2, 0.25) is 0 Å². The smallest absolute Gasteiger partial charge is 0.122 e. The summed E-state index contributed by atoms with van der Waals surface area (Å²) < 4.78 is 5.30. The van der Waals surface area contributed by atoms with Crippen LogP contribution in [0.25, 0.3) is 0 Å². The Morgan fingerprint density at radius 3 is 2.54 bits per heavy atom. The summed E-state index contributed by atoms with van der Waals surface area (Å²) in [6, 6.07) is 10.7. The van der Waals surface area contributed by atoms with Crippen molar-refractivity contribution in [2.75, 3.05) is 7.11 Å². The highest BCUT2D eigenvalue weighted by molar-refractivity contribution is 5.94. The molecule has 1 aliphatic rings. The van der Waals surface area contributed by atoms with E-state index in [0.717, 1.165) is 24.1 Å². The molecule has 0 radical (unpaired) electrons. The van der Waals surface area contributed by atoms with E-state index >= 15 is 0 Å². The third-order valence-electron chi connectivity index (χ3n) is 4.58. The fourth-order valence-corrected chi connectivity index (χ4v) is 2.88. The lowest BCUT2D eigenvalue weighted by Crippen LogP contribution is -2.24. The Morgan fingerprint density at radius 2 is 1.96 bits per heavy atom. The number of aliphatic imine (C=N–C) groups is 1. The number of rotatable bonds is 6. The van der Waals surface area contributed by atoms with Crippen molar-refractivity contribution in [1.29, 1.82) is 0 Å². The Labute approximate surface area is 145 Å². The van der Waals surface area contributed by atoms with Crippen molar-refractivity contribution in [2.24, 2.45) is 10.4 Å². The normalized spacial score (nSPS) is 19.2. The van der Waals surface area contributed by atoms with E-state index in [2.05, 4.69) is 44.7 Å². The van der Waals surface area contributed by atoms with Crippen LogP contribution in [-0.2, 0) is 4.74 Å². The van der Waals surface area contributed by atoms with Gasteiger partial charge >= 0.3 is 0 Å². The first-order chi connectivity index (χ1) is 11.3. The molecule has 3 nitrogen and oxygen atoms in total. The van der Waals surface area contributed by atoms with Crippen LogP contribution in [0.15, 0.2) is 71.1 Å². The number of hydrogen-bond acceptors (Lipinski definition) is 3. The Kier molecular flexibility index (Phi) is 5.66. The predicted octanol–water partition coefficient (Wildman–Crippen LogP) is 5.54. The number of benzene rings is 1. The first-order valence-corrected chi connectivity index (χ1v) is 8.29. The number of methoxy groups -OCH3 is 1. The van der Waals surface area contributed by atoms with Crippen LogP contribution in [0.4, 0.5) is 0 Å². The molecule has 0 bridgehead atoms. The lowest BCUT2D eigenvalue weighted by atomic mass is 9.79. The van der Waals surface area contributed by atoms with Gasteiger partial charge in [0.05, 0.1) is 18.9 Å². The van der Waals surface area contributed by atoms with Gasteiger partial charge in [-0.3, -0.25) is 4.99 Å². The maximum atomic E-state index is 9.43. The van der Waals surface area contributed by atoms with Crippen LogP contribution in [0.5, 0.6) is 0 Å². The first-order valence-electron chi connectivity index (χ1n) is 8.29. The Bertz CT molecular complexity index is 677. The highest BCUT2D eigenvalue weighted by Gasteiger charge is 2.32. The summed E-state index contributed by atoms with van der Waals surface area (Å²) >= 11 is 0. The summed E-state index contributed by atoms with van der Waals surface area (Å²) in [5.41, 5.74) is 3.10. The van der Waals surface area contributed by atoms with E-state index in [1.165, 1.54) is 5.56 Å². The fourth-order valence-electron chi connectivity index (χ4n) is 2.88. The molecule has 1 heterocycles. The first kappa shape index (κ1) is 18.1. The van der Waals surface area contributed by atoms with E-state index < -0.39 is 0 Å². The van der Waals surface area contributed by atoms with Crippen molar-refractivity contribution < 1.29 is 9.84 Å². The number of aliphatic hydroxyl groups excluding tert-OH is 1. The van der Waals surface area contributed by atoms with Crippen LogP contribution >= 0.6 is 0 Å². The summed E-state index contributed by atoms with van der Waals surface area (Å²) in [5.74, 6) is 0.794. The molecule has 3 heteroatoms. The third-order valence-corrected chi connectivity index (χ3v) is 4.58. The number of hydrogen-bond donors (Lipinski definition) is 1. The molecule has 0 aromatic heterocycles. The maximum Gasteiger partial charge on any atom is 0.122 e. The standard InChI is InChI=1S/C21H27NO2/c1-15(13-18(24-5)14-16(2)23)21(3,4)20-12-11-19(22-20)17-9-7-6-8-10-17/h6-10,13-14,19,23H,1,11-12H2,2-5H3/b16-14+,18-13+/t19-/m1/s1. The quantitative estimate of drug-likeness (QED) is 0.551. The molecule has 2 rings (SSSR count). The molecule has 0 fully saturated rings. The van der Waals surface area contributed by atoms with Crippen LogP contribution in [-0.4, -0.2) is 17.9 Å². The van der Waals surface area contributed by atoms with E-state index in [4.69, 9.17) is 9.73 Å². The highest BCUT2D eigenvalue weighted by Crippen LogP contribution is 2.39. The van der Waals surface area contributed by atoms with E-state index in [9.17, 15) is 5.11 Å². The molecule has 1 aliphatic heterocycles. The van der Waals surface area contributed by atoms with Crippen LogP contribution in [0, 0.1) is 5.41 Å². The zero-order chi connectivity index (χ0) is 17.7. The van der Waals surface area contributed by atoms with E-state index in [0.29, 0.717) is 5.76 Å². The second-order valence-electron chi connectivity index (χ2n) is 6.73. The molecule has 0 saturated carbocycles. The average Bonchev–Trinajstić information content (AvgIpc) is 3.05. The molecule has 0 aliphatic carbocycles. The van der Waals surface area contributed by atoms with Gasteiger partial charge in [-0.05, 0) is 37.0 Å². The summed E-state index contributed by atoms with van der Waals surface area (Å²) in [4.78, 5) is 4.97. The largest absolute Gasteiger partial charge is 0.512 e. The zero-order valence-corrected chi connectivity index (χ0v) is 15.0. The number of ether oxygens (including phenoxy) is 1. The maximum absolute atomic E-state index is 9.43. The average molecular weight is 325 g/mol. The molecule has 0 amide bonds. The Hall–Kier alpha value is -2.29. The predicted molar refractivity (Wildman–Crippen MR) is 100 cm³/mol. The van der Waals surface area contributed by atoms with Gasteiger partial charge in [-0.1, -0.05) is 50.8 Å². The summed E-state index contributed by atoms with van der Waals surface area (Å²) in [5, 5.41) is 9.43. The van der Waals surface area contributed by atoms with Gasteiger partial charge in [0.1, 0.15) is 5.76 Å². The SMILES string of the molecule is C=C(/C=C(\C=C(/C)O)OC)C(C)(C)C1=N[C@@H](c2ccccc2)CC1. The second kappa shape index (κ2) is 7.52. The van der Waals surface area contributed by atoms with Crippen molar-refractivity contribution >= 4 is 5.71 Å². The highest BCUT2D eigenvalue weighted by atomic mass is 16.5. The van der Waals surface area contributed by atoms with E-state index in [1.54, 1.807) is 20.1 Å². The van der Waals surface area contributed by atoms with Gasteiger partial charge in [0, 0.05) is 17.2 Å². The minimum Gasteiger partial charge on any atom is -0.512 e.